The summed E-state index contributed by atoms with van der Waals surface area (Å²) in [7, 11) is 1.47. The summed E-state index contributed by atoms with van der Waals surface area (Å²) >= 11 is 0. The lowest BCUT2D eigenvalue weighted by molar-refractivity contribution is -0.145. The van der Waals surface area contributed by atoms with Crippen molar-refractivity contribution >= 4 is 12.4 Å². The number of amides is 1. The van der Waals surface area contributed by atoms with Crippen LogP contribution in [0.15, 0.2) is 30.3 Å². The number of rotatable bonds is 5. The Morgan fingerprint density at radius 2 is 2.07 bits per heavy atom. The third-order valence-electron chi connectivity index (χ3n) is 2.21. The van der Waals surface area contributed by atoms with Crippen LogP contribution >= 0.6 is 0 Å². The number of likely N-dealkylation sites (N-methyl/N-ethyl adjacent to an activating group) is 1. The Morgan fingerprint density at radius 3 is 2.53 bits per heavy atom. The second-order valence-corrected chi connectivity index (χ2v) is 3.31. The Kier molecular flexibility index (Phi) is 3.85. The molecular formula is C11H13NO3. The first-order valence-corrected chi connectivity index (χ1v) is 4.59. The van der Waals surface area contributed by atoms with E-state index >= 15 is 0 Å². The topological polar surface area (TPSA) is 57.6 Å². The highest BCUT2D eigenvalue weighted by Gasteiger charge is 2.21. The number of hydrogen-bond acceptors (Lipinski definition) is 2. The van der Waals surface area contributed by atoms with Crippen molar-refractivity contribution in [1.82, 2.24) is 4.90 Å². The van der Waals surface area contributed by atoms with E-state index in [-0.39, 0.29) is 0 Å². The lowest BCUT2D eigenvalue weighted by atomic mass is 10.1. The summed E-state index contributed by atoms with van der Waals surface area (Å²) < 4.78 is 0. The van der Waals surface area contributed by atoms with Crippen LogP contribution in [0.3, 0.4) is 0 Å². The molecule has 1 aromatic carbocycles. The maximum atomic E-state index is 10.9. The lowest BCUT2D eigenvalue weighted by Gasteiger charge is -2.20. The van der Waals surface area contributed by atoms with E-state index in [0.717, 1.165) is 10.5 Å². The molecule has 1 amide bonds. The molecule has 1 N–H and O–H groups in total. The summed E-state index contributed by atoms with van der Waals surface area (Å²) in [6.45, 7) is 0. The molecule has 15 heavy (non-hydrogen) atoms. The van der Waals surface area contributed by atoms with E-state index in [1.165, 1.54) is 7.05 Å². The van der Waals surface area contributed by atoms with Crippen molar-refractivity contribution < 1.29 is 14.7 Å². The molecule has 4 nitrogen and oxygen atoms in total. The third kappa shape index (κ3) is 3.09. The number of carboxylic acid groups (broad SMARTS) is 1. The van der Waals surface area contributed by atoms with Crippen molar-refractivity contribution in [1.29, 1.82) is 0 Å². The number of carbonyl (C=O) groups excluding carboxylic acids is 1. The molecule has 0 bridgehead atoms. The summed E-state index contributed by atoms with van der Waals surface area (Å²) in [6.07, 6.45) is 0.854. The molecule has 4 heteroatoms. The van der Waals surface area contributed by atoms with Crippen LogP contribution in [0.2, 0.25) is 0 Å². The van der Waals surface area contributed by atoms with Crippen LogP contribution in [0.25, 0.3) is 0 Å². The van der Waals surface area contributed by atoms with Gasteiger partial charge < -0.3 is 10.0 Å². The number of aliphatic carboxylic acids is 1. The molecule has 0 spiro atoms. The first-order chi connectivity index (χ1) is 7.15. The SMILES string of the molecule is CN(C=O)C(Cc1ccccc1)C(=O)O. The minimum Gasteiger partial charge on any atom is -0.480 e. The lowest BCUT2D eigenvalue weighted by Crippen LogP contribution is -2.39. The van der Waals surface area contributed by atoms with Gasteiger partial charge in [0.15, 0.2) is 0 Å². The minimum atomic E-state index is -0.992. The number of carbonyl (C=O) groups is 2. The van der Waals surface area contributed by atoms with Crippen molar-refractivity contribution in [2.75, 3.05) is 7.05 Å². The fourth-order valence-electron chi connectivity index (χ4n) is 1.32. The van der Waals surface area contributed by atoms with E-state index in [9.17, 15) is 9.59 Å². The van der Waals surface area contributed by atoms with Gasteiger partial charge in [-0.15, -0.1) is 0 Å². The zero-order valence-electron chi connectivity index (χ0n) is 8.46. The van der Waals surface area contributed by atoms with Gasteiger partial charge in [0.1, 0.15) is 6.04 Å². The van der Waals surface area contributed by atoms with Gasteiger partial charge in [0.25, 0.3) is 0 Å². The highest BCUT2D eigenvalue weighted by atomic mass is 16.4. The largest absolute Gasteiger partial charge is 0.480 e. The summed E-state index contributed by atoms with van der Waals surface area (Å²) in [5.41, 5.74) is 0.901. The monoisotopic (exact) mass is 207 g/mol. The van der Waals surface area contributed by atoms with Crippen molar-refractivity contribution in [2.24, 2.45) is 0 Å². The molecule has 0 heterocycles. The van der Waals surface area contributed by atoms with Crippen molar-refractivity contribution in [2.45, 2.75) is 12.5 Å². The van der Waals surface area contributed by atoms with Crippen LogP contribution < -0.4 is 0 Å². The highest BCUT2D eigenvalue weighted by Crippen LogP contribution is 2.06. The molecule has 0 fully saturated rings. The van der Waals surface area contributed by atoms with Gasteiger partial charge in [-0.05, 0) is 5.56 Å². The van der Waals surface area contributed by atoms with Crippen LogP contribution in [0.4, 0.5) is 0 Å². The van der Waals surface area contributed by atoms with Crippen LogP contribution in [0.1, 0.15) is 5.56 Å². The van der Waals surface area contributed by atoms with Crippen LogP contribution in [-0.2, 0) is 16.0 Å². The fraction of sp³-hybridized carbons (Fsp3) is 0.273. The molecule has 0 aliphatic rings. The summed E-state index contributed by atoms with van der Waals surface area (Å²) in [6, 6.07) is 8.43. The van der Waals surface area contributed by atoms with Crippen LogP contribution in [-0.4, -0.2) is 35.5 Å². The maximum absolute atomic E-state index is 10.9. The molecular weight excluding hydrogens is 194 g/mol. The molecule has 0 radical (unpaired) electrons. The number of benzene rings is 1. The molecule has 80 valence electrons. The molecule has 0 aromatic heterocycles. The smallest absolute Gasteiger partial charge is 0.326 e. The van der Waals surface area contributed by atoms with Crippen LogP contribution in [0.5, 0.6) is 0 Å². The first kappa shape index (κ1) is 11.2. The molecule has 0 aliphatic carbocycles. The second-order valence-electron chi connectivity index (χ2n) is 3.31. The fourth-order valence-corrected chi connectivity index (χ4v) is 1.32. The van der Waals surface area contributed by atoms with E-state index in [1.807, 2.05) is 30.3 Å². The summed E-state index contributed by atoms with van der Waals surface area (Å²) in [5, 5.41) is 8.94. The van der Waals surface area contributed by atoms with E-state index in [1.54, 1.807) is 0 Å². The van der Waals surface area contributed by atoms with Gasteiger partial charge in [0.2, 0.25) is 6.41 Å². The van der Waals surface area contributed by atoms with E-state index in [0.29, 0.717) is 12.8 Å². The van der Waals surface area contributed by atoms with Gasteiger partial charge in [-0.3, -0.25) is 4.79 Å². The number of nitrogens with zero attached hydrogens (tertiary/aromatic N) is 1. The van der Waals surface area contributed by atoms with Gasteiger partial charge in [0.05, 0.1) is 0 Å². The highest BCUT2D eigenvalue weighted by molar-refractivity contribution is 5.76. The molecule has 1 atom stereocenters. The predicted molar refractivity (Wildman–Crippen MR) is 55.4 cm³/mol. The minimum absolute atomic E-state index is 0.325. The average Bonchev–Trinajstić information content (AvgIpc) is 2.26. The first-order valence-electron chi connectivity index (χ1n) is 4.59. The van der Waals surface area contributed by atoms with Gasteiger partial charge in [-0.2, -0.15) is 0 Å². The molecule has 0 saturated heterocycles. The van der Waals surface area contributed by atoms with Crippen LogP contribution in [0, 0.1) is 0 Å². The predicted octanol–water partition coefficient (Wildman–Crippen LogP) is 0.770. The van der Waals surface area contributed by atoms with E-state index < -0.39 is 12.0 Å². The van der Waals surface area contributed by atoms with Crippen molar-refractivity contribution in [3.8, 4) is 0 Å². The summed E-state index contributed by atoms with van der Waals surface area (Å²) in [4.78, 5) is 22.6. The zero-order chi connectivity index (χ0) is 11.3. The standard InChI is InChI=1S/C11H13NO3/c1-12(8-13)10(11(14)15)7-9-5-3-2-4-6-9/h2-6,8,10H,7H2,1H3,(H,14,15). The second kappa shape index (κ2) is 5.14. The van der Waals surface area contributed by atoms with Gasteiger partial charge in [-0.1, -0.05) is 30.3 Å². The molecule has 0 saturated carbocycles. The molecule has 1 unspecified atom stereocenters. The van der Waals surface area contributed by atoms with Crippen molar-refractivity contribution in [3.63, 3.8) is 0 Å². The Hall–Kier alpha value is -1.84. The maximum Gasteiger partial charge on any atom is 0.326 e. The normalized spacial score (nSPS) is 11.8. The quantitative estimate of drug-likeness (QED) is 0.725. The zero-order valence-corrected chi connectivity index (χ0v) is 8.46. The Bertz CT molecular complexity index is 337. The Morgan fingerprint density at radius 1 is 1.47 bits per heavy atom. The van der Waals surface area contributed by atoms with E-state index in [4.69, 9.17) is 5.11 Å². The molecule has 1 aromatic rings. The van der Waals surface area contributed by atoms with Crippen molar-refractivity contribution in [3.05, 3.63) is 35.9 Å². The molecule has 0 aliphatic heterocycles. The van der Waals surface area contributed by atoms with Gasteiger partial charge in [0, 0.05) is 13.5 Å². The van der Waals surface area contributed by atoms with Gasteiger partial charge >= 0.3 is 5.97 Å². The van der Waals surface area contributed by atoms with E-state index in [2.05, 4.69) is 0 Å². The number of hydrogen-bond donors (Lipinski definition) is 1. The number of carboxylic acids is 1. The Labute approximate surface area is 88.1 Å². The summed E-state index contributed by atoms with van der Waals surface area (Å²) in [5.74, 6) is -0.992. The Balaban J connectivity index is 2.76. The third-order valence-corrected chi connectivity index (χ3v) is 2.21. The molecule has 1 rings (SSSR count). The van der Waals surface area contributed by atoms with Gasteiger partial charge in [-0.25, -0.2) is 4.79 Å². The average molecular weight is 207 g/mol.